The fourth-order valence-corrected chi connectivity index (χ4v) is 2.74. The SMILES string of the molecule is Cc1ncc(CC2(N)CCOCC2)s1. The summed E-state index contributed by atoms with van der Waals surface area (Å²) in [6, 6.07) is 0. The summed E-state index contributed by atoms with van der Waals surface area (Å²) in [5.41, 5.74) is 6.24. The maximum atomic E-state index is 6.30. The lowest BCUT2D eigenvalue weighted by molar-refractivity contribution is 0.0536. The van der Waals surface area contributed by atoms with Crippen molar-refractivity contribution in [3.8, 4) is 0 Å². The highest BCUT2D eigenvalue weighted by atomic mass is 32.1. The van der Waals surface area contributed by atoms with Crippen LogP contribution >= 0.6 is 11.3 Å². The Labute approximate surface area is 88.3 Å². The molecule has 1 saturated heterocycles. The van der Waals surface area contributed by atoms with Crippen LogP contribution in [0.15, 0.2) is 6.20 Å². The van der Waals surface area contributed by atoms with Crippen LogP contribution in [0.4, 0.5) is 0 Å². The molecule has 1 aromatic rings. The second-order valence-electron chi connectivity index (χ2n) is 4.00. The summed E-state index contributed by atoms with van der Waals surface area (Å²) in [4.78, 5) is 5.54. The smallest absolute Gasteiger partial charge is 0.0896 e. The summed E-state index contributed by atoms with van der Waals surface area (Å²) >= 11 is 1.75. The van der Waals surface area contributed by atoms with Crippen molar-refractivity contribution in [3.63, 3.8) is 0 Å². The number of ether oxygens (including phenoxy) is 1. The van der Waals surface area contributed by atoms with E-state index in [-0.39, 0.29) is 5.54 Å². The van der Waals surface area contributed by atoms with Crippen molar-refractivity contribution < 1.29 is 4.74 Å². The lowest BCUT2D eigenvalue weighted by Gasteiger charge is -2.32. The first kappa shape index (κ1) is 10.1. The third-order valence-electron chi connectivity index (χ3n) is 2.68. The van der Waals surface area contributed by atoms with E-state index >= 15 is 0 Å². The van der Waals surface area contributed by atoms with Crippen molar-refractivity contribution in [3.05, 3.63) is 16.1 Å². The van der Waals surface area contributed by atoms with Crippen LogP contribution < -0.4 is 5.73 Å². The van der Waals surface area contributed by atoms with E-state index in [1.54, 1.807) is 11.3 Å². The lowest BCUT2D eigenvalue weighted by Crippen LogP contribution is -2.46. The maximum absolute atomic E-state index is 6.30. The second kappa shape index (κ2) is 3.96. The molecule has 1 fully saturated rings. The summed E-state index contributed by atoms with van der Waals surface area (Å²) in [5.74, 6) is 0. The topological polar surface area (TPSA) is 48.1 Å². The second-order valence-corrected chi connectivity index (χ2v) is 5.32. The predicted octanol–water partition coefficient (Wildman–Crippen LogP) is 1.50. The Balaban J connectivity index is 2.01. The first-order valence-electron chi connectivity index (χ1n) is 4.96. The van der Waals surface area contributed by atoms with Gasteiger partial charge in [0.1, 0.15) is 0 Å². The minimum Gasteiger partial charge on any atom is -0.381 e. The molecule has 1 aliphatic heterocycles. The monoisotopic (exact) mass is 212 g/mol. The molecule has 2 rings (SSSR count). The molecular weight excluding hydrogens is 196 g/mol. The molecule has 0 amide bonds. The molecule has 1 aromatic heterocycles. The molecule has 4 heteroatoms. The molecule has 14 heavy (non-hydrogen) atoms. The largest absolute Gasteiger partial charge is 0.381 e. The van der Waals surface area contributed by atoms with Crippen LogP contribution in [0.1, 0.15) is 22.7 Å². The van der Waals surface area contributed by atoms with E-state index in [4.69, 9.17) is 10.5 Å². The van der Waals surface area contributed by atoms with Crippen LogP contribution in [-0.2, 0) is 11.2 Å². The third-order valence-corrected chi connectivity index (χ3v) is 3.60. The molecule has 0 bridgehead atoms. The molecule has 0 radical (unpaired) electrons. The molecular formula is C10H16N2OS. The lowest BCUT2D eigenvalue weighted by atomic mass is 9.87. The van der Waals surface area contributed by atoms with Gasteiger partial charge in [-0.1, -0.05) is 0 Å². The number of nitrogens with zero attached hydrogens (tertiary/aromatic N) is 1. The van der Waals surface area contributed by atoms with Gasteiger partial charge in [0.05, 0.1) is 5.01 Å². The van der Waals surface area contributed by atoms with E-state index in [9.17, 15) is 0 Å². The van der Waals surface area contributed by atoms with Crippen molar-refractivity contribution in [2.24, 2.45) is 5.73 Å². The van der Waals surface area contributed by atoms with Gasteiger partial charge in [-0.15, -0.1) is 11.3 Å². The number of hydrogen-bond acceptors (Lipinski definition) is 4. The first-order chi connectivity index (χ1) is 6.68. The van der Waals surface area contributed by atoms with Crippen LogP contribution in [0, 0.1) is 6.92 Å². The predicted molar refractivity (Wildman–Crippen MR) is 57.5 cm³/mol. The van der Waals surface area contributed by atoms with Gasteiger partial charge in [-0.05, 0) is 19.8 Å². The van der Waals surface area contributed by atoms with E-state index in [0.717, 1.165) is 37.5 Å². The Morgan fingerprint density at radius 2 is 2.29 bits per heavy atom. The van der Waals surface area contributed by atoms with Gasteiger partial charge in [-0.25, -0.2) is 4.98 Å². The van der Waals surface area contributed by atoms with Gasteiger partial charge in [0.2, 0.25) is 0 Å². The Morgan fingerprint density at radius 3 is 2.86 bits per heavy atom. The van der Waals surface area contributed by atoms with Crippen molar-refractivity contribution in [1.29, 1.82) is 0 Å². The summed E-state index contributed by atoms with van der Waals surface area (Å²) in [6.07, 6.45) is 4.82. The minimum atomic E-state index is -0.0583. The Bertz CT molecular complexity index is 305. The molecule has 1 aliphatic rings. The number of hydrogen-bond donors (Lipinski definition) is 1. The molecule has 3 nitrogen and oxygen atoms in total. The van der Waals surface area contributed by atoms with Crippen LogP contribution in [0.2, 0.25) is 0 Å². The van der Waals surface area contributed by atoms with E-state index in [1.807, 2.05) is 13.1 Å². The number of thiazole rings is 1. The quantitative estimate of drug-likeness (QED) is 0.808. The highest BCUT2D eigenvalue weighted by molar-refractivity contribution is 7.11. The van der Waals surface area contributed by atoms with E-state index in [2.05, 4.69) is 4.98 Å². The van der Waals surface area contributed by atoms with Gasteiger partial charge < -0.3 is 10.5 Å². The zero-order chi connectivity index (χ0) is 10.0. The Kier molecular flexibility index (Phi) is 2.85. The number of rotatable bonds is 2. The average molecular weight is 212 g/mol. The molecule has 2 heterocycles. The number of aromatic nitrogens is 1. The summed E-state index contributed by atoms with van der Waals surface area (Å²) in [7, 11) is 0. The van der Waals surface area contributed by atoms with Crippen molar-refractivity contribution >= 4 is 11.3 Å². The molecule has 0 aliphatic carbocycles. The van der Waals surface area contributed by atoms with Gasteiger partial charge in [0, 0.05) is 36.2 Å². The first-order valence-corrected chi connectivity index (χ1v) is 5.78. The van der Waals surface area contributed by atoms with Gasteiger partial charge in [-0.3, -0.25) is 0 Å². The summed E-state index contributed by atoms with van der Waals surface area (Å²) < 4.78 is 5.32. The van der Waals surface area contributed by atoms with Gasteiger partial charge in [0.15, 0.2) is 0 Å². The highest BCUT2D eigenvalue weighted by Gasteiger charge is 2.28. The van der Waals surface area contributed by atoms with Gasteiger partial charge in [0.25, 0.3) is 0 Å². The zero-order valence-electron chi connectivity index (χ0n) is 8.45. The van der Waals surface area contributed by atoms with Crippen molar-refractivity contribution in [1.82, 2.24) is 4.98 Å². The van der Waals surface area contributed by atoms with E-state index in [1.165, 1.54) is 4.88 Å². The third kappa shape index (κ3) is 2.32. The van der Waals surface area contributed by atoms with E-state index in [0.29, 0.717) is 0 Å². The van der Waals surface area contributed by atoms with Crippen molar-refractivity contribution in [2.75, 3.05) is 13.2 Å². The molecule has 0 atom stereocenters. The van der Waals surface area contributed by atoms with Crippen LogP contribution in [0.5, 0.6) is 0 Å². The normalized spacial score (nSPS) is 21.0. The standard InChI is InChI=1S/C10H16N2OS/c1-8-12-7-9(14-8)6-10(11)2-4-13-5-3-10/h7H,2-6,11H2,1H3. The number of nitrogens with two attached hydrogens (primary N) is 1. The fraction of sp³-hybridized carbons (Fsp3) is 0.700. The molecule has 0 spiro atoms. The highest BCUT2D eigenvalue weighted by Crippen LogP contribution is 2.25. The number of aryl methyl sites for hydroxylation is 1. The zero-order valence-corrected chi connectivity index (χ0v) is 9.27. The molecule has 78 valence electrons. The van der Waals surface area contributed by atoms with Gasteiger partial charge >= 0.3 is 0 Å². The average Bonchev–Trinajstić information content (AvgIpc) is 2.51. The van der Waals surface area contributed by atoms with Crippen LogP contribution in [0.3, 0.4) is 0 Å². The fourth-order valence-electron chi connectivity index (χ4n) is 1.79. The minimum absolute atomic E-state index is 0.0583. The van der Waals surface area contributed by atoms with Gasteiger partial charge in [-0.2, -0.15) is 0 Å². The molecule has 2 N–H and O–H groups in total. The molecule has 0 saturated carbocycles. The summed E-state index contributed by atoms with van der Waals surface area (Å²) in [6.45, 7) is 3.63. The summed E-state index contributed by atoms with van der Waals surface area (Å²) in [5, 5.41) is 1.12. The van der Waals surface area contributed by atoms with Crippen LogP contribution in [0.25, 0.3) is 0 Å². The Morgan fingerprint density at radius 1 is 1.57 bits per heavy atom. The Hall–Kier alpha value is -0.450. The molecule has 0 aromatic carbocycles. The van der Waals surface area contributed by atoms with Crippen molar-refractivity contribution in [2.45, 2.75) is 31.7 Å². The van der Waals surface area contributed by atoms with E-state index < -0.39 is 0 Å². The van der Waals surface area contributed by atoms with Crippen LogP contribution in [-0.4, -0.2) is 23.7 Å². The maximum Gasteiger partial charge on any atom is 0.0896 e. The molecule has 0 unspecified atom stereocenters.